The molecule has 3 heterocycles. The van der Waals surface area contributed by atoms with Gasteiger partial charge in [0.2, 0.25) is 0 Å². The van der Waals surface area contributed by atoms with Crippen LogP contribution in [0.1, 0.15) is 31.3 Å². The second-order valence-electron chi connectivity index (χ2n) is 5.68. The molecule has 20 heavy (non-hydrogen) atoms. The molecule has 3 rings (SSSR count). The van der Waals surface area contributed by atoms with Crippen molar-refractivity contribution in [3.63, 3.8) is 0 Å². The van der Waals surface area contributed by atoms with Crippen LogP contribution in [0.4, 0.5) is 5.82 Å². The van der Waals surface area contributed by atoms with Gasteiger partial charge in [-0.25, -0.2) is 9.97 Å². The van der Waals surface area contributed by atoms with E-state index in [2.05, 4.69) is 27.9 Å². The summed E-state index contributed by atoms with van der Waals surface area (Å²) in [6.45, 7) is 8.29. The fourth-order valence-corrected chi connectivity index (χ4v) is 3.04. The Labute approximate surface area is 120 Å². The molecule has 2 aliphatic rings. The number of anilines is 1. The third-order valence-corrected chi connectivity index (χ3v) is 4.22. The highest BCUT2D eigenvalue weighted by Gasteiger charge is 2.38. The molecule has 1 spiro atoms. The number of aromatic nitrogens is 2. The molecular weight excluding hydrogens is 254 g/mol. The Kier molecular flexibility index (Phi) is 3.89. The first-order valence-corrected chi connectivity index (χ1v) is 7.52. The Bertz CT molecular complexity index is 467. The molecule has 5 nitrogen and oxygen atoms in total. The van der Waals surface area contributed by atoms with Crippen molar-refractivity contribution in [2.45, 2.75) is 38.7 Å². The summed E-state index contributed by atoms with van der Waals surface area (Å²) in [5, 5.41) is 0. The highest BCUT2D eigenvalue weighted by Crippen LogP contribution is 2.31. The van der Waals surface area contributed by atoms with Crippen molar-refractivity contribution in [3.8, 4) is 0 Å². The maximum Gasteiger partial charge on any atom is 0.132 e. The molecule has 0 unspecified atom stereocenters. The molecule has 0 aliphatic carbocycles. The van der Waals surface area contributed by atoms with Crippen molar-refractivity contribution in [3.05, 3.63) is 17.6 Å². The lowest BCUT2D eigenvalue weighted by Gasteiger charge is -2.45. The maximum atomic E-state index is 6.08. The molecule has 1 aromatic rings. The summed E-state index contributed by atoms with van der Waals surface area (Å²) in [5.41, 5.74) is 1.07. The normalized spacial score (nSPS) is 22.2. The van der Waals surface area contributed by atoms with Crippen molar-refractivity contribution < 1.29 is 9.47 Å². The lowest BCUT2D eigenvalue weighted by molar-refractivity contribution is -0.116. The zero-order valence-electron chi connectivity index (χ0n) is 12.4. The van der Waals surface area contributed by atoms with Crippen LogP contribution >= 0.6 is 0 Å². The topological polar surface area (TPSA) is 47.5 Å². The van der Waals surface area contributed by atoms with Gasteiger partial charge in [-0.05, 0) is 13.3 Å². The molecule has 2 fully saturated rings. The lowest BCUT2D eigenvalue weighted by atomic mass is 9.92. The predicted molar refractivity (Wildman–Crippen MR) is 77.1 cm³/mol. The molecule has 0 amide bonds. The second kappa shape index (κ2) is 5.66. The van der Waals surface area contributed by atoms with E-state index in [-0.39, 0.29) is 5.60 Å². The van der Waals surface area contributed by atoms with Crippen LogP contribution in [0.5, 0.6) is 0 Å². The molecule has 0 radical (unpaired) electrons. The highest BCUT2D eigenvalue weighted by atomic mass is 16.5. The maximum absolute atomic E-state index is 6.08. The third-order valence-electron chi connectivity index (χ3n) is 4.22. The Morgan fingerprint density at radius 2 is 2.05 bits per heavy atom. The number of hydrogen-bond donors (Lipinski definition) is 0. The standard InChI is InChI=1S/C15H23N3O2/c1-3-13-10-14(17-12(2)16-13)18-6-9-20-15(11-18)4-7-19-8-5-15/h10H,3-9,11H2,1-2H3. The van der Waals surface area contributed by atoms with Gasteiger partial charge in [0.15, 0.2) is 0 Å². The average molecular weight is 277 g/mol. The molecule has 2 aliphatic heterocycles. The molecule has 5 heteroatoms. The van der Waals surface area contributed by atoms with Gasteiger partial charge in [-0.2, -0.15) is 0 Å². The summed E-state index contributed by atoms with van der Waals surface area (Å²) >= 11 is 0. The van der Waals surface area contributed by atoms with Crippen LogP contribution in [-0.2, 0) is 15.9 Å². The molecule has 0 aromatic carbocycles. The van der Waals surface area contributed by atoms with Gasteiger partial charge in [0.1, 0.15) is 11.6 Å². The van der Waals surface area contributed by atoms with E-state index in [0.717, 1.165) is 69.5 Å². The summed E-state index contributed by atoms with van der Waals surface area (Å²) in [5.74, 6) is 1.90. The zero-order chi connectivity index (χ0) is 14.0. The summed E-state index contributed by atoms with van der Waals surface area (Å²) in [4.78, 5) is 11.4. The summed E-state index contributed by atoms with van der Waals surface area (Å²) < 4.78 is 11.5. The Morgan fingerprint density at radius 3 is 2.80 bits per heavy atom. The third kappa shape index (κ3) is 2.79. The van der Waals surface area contributed by atoms with Crippen LogP contribution in [0.2, 0.25) is 0 Å². The molecular formula is C15H23N3O2. The molecule has 0 atom stereocenters. The lowest BCUT2D eigenvalue weighted by Crippen LogP contribution is -2.54. The van der Waals surface area contributed by atoms with Crippen LogP contribution in [0.15, 0.2) is 6.07 Å². The van der Waals surface area contributed by atoms with Crippen molar-refractivity contribution in [1.82, 2.24) is 9.97 Å². The Balaban J connectivity index is 1.81. The van der Waals surface area contributed by atoms with Crippen molar-refractivity contribution in [1.29, 1.82) is 0 Å². The minimum Gasteiger partial charge on any atom is -0.381 e. The van der Waals surface area contributed by atoms with Crippen molar-refractivity contribution in [2.24, 2.45) is 0 Å². The van der Waals surface area contributed by atoms with Gasteiger partial charge in [-0.15, -0.1) is 0 Å². The van der Waals surface area contributed by atoms with E-state index in [4.69, 9.17) is 9.47 Å². The van der Waals surface area contributed by atoms with Gasteiger partial charge in [0.25, 0.3) is 0 Å². The smallest absolute Gasteiger partial charge is 0.132 e. The minimum absolute atomic E-state index is 0.0399. The minimum atomic E-state index is -0.0399. The Morgan fingerprint density at radius 1 is 1.25 bits per heavy atom. The number of nitrogens with zero attached hydrogens (tertiary/aromatic N) is 3. The number of aryl methyl sites for hydroxylation is 2. The monoisotopic (exact) mass is 277 g/mol. The van der Waals surface area contributed by atoms with E-state index in [9.17, 15) is 0 Å². The zero-order valence-corrected chi connectivity index (χ0v) is 12.4. The van der Waals surface area contributed by atoms with Gasteiger partial charge in [-0.1, -0.05) is 6.92 Å². The molecule has 1 aromatic heterocycles. The number of hydrogen-bond acceptors (Lipinski definition) is 5. The average Bonchev–Trinajstić information content (AvgIpc) is 2.47. The molecule has 0 bridgehead atoms. The number of ether oxygens (including phenoxy) is 2. The van der Waals surface area contributed by atoms with Crippen LogP contribution in [0.3, 0.4) is 0 Å². The van der Waals surface area contributed by atoms with E-state index < -0.39 is 0 Å². The van der Waals surface area contributed by atoms with Crippen LogP contribution in [0.25, 0.3) is 0 Å². The predicted octanol–water partition coefficient (Wildman–Crippen LogP) is 1.73. The largest absolute Gasteiger partial charge is 0.381 e. The van der Waals surface area contributed by atoms with Gasteiger partial charge < -0.3 is 14.4 Å². The molecule has 2 saturated heterocycles. The van der Waals surface area contributed by atoms with E-state index in [0.29, 0.717) is 0 Å². The van der Waals surface area contributed by atoms with Crippen molar-refractivity contribution >= 4 is 5.82 Å². The first kappa shape index (κ1) is 13.8. The second-order valence-corrected chi connectivity index (χ2v) is 5.68. The van der Waals surface area contributed by atoms with E-state index in [1.54, 1.807) is 0 Å². The molecule has 110 valence electrons. The summed E-state index contributed by atoms with van der Waals surface area (Å²) in [7, 11) is 0. The summed E-state index contributed by atoms with van der Waals surface area (Å²) in [6.07, 6.45) is 2.90. The first-order valence-electron chi connectivity index (χ1n) is 7.52. The molecule has 0 N–H and O–H groups in total. The van der Waals surface area contributed by atoms with Gasteiger partial charge >= 0.3 is 0 Å². The van der Waals surface area contributed by atoms with E-state index in [1.807, 2.05) is 6.92 Å². The number of rotatable bonds is 2. The van der Waals surface area contributed by atoms with Gasteiger partial charge in [0, 0.05) is 50.9 Å². The SMILES string of the molecule is CCc1cc(N2CCOC3(CCOCC3)C2)nc(C)n1. The van der Waals surface area contributed by atoms with Gasteiger partial charge in [-0.3, -0.25) is 0 Å². The fourth-order valence-electron chi connectivity index (χ4n) is 3.04. The summed E-state index contributed by atoms with van der Waals surface area (Å²) in [6, 6.07) is 2.12. The highest BCUT2D eigenvalue weighted by molar-refractivity contribution is 5.41. The van der Waals surface area contributed by atoms with Gasteiger partial charge in [0.05, 0.1) is 12.2 Å². The first-order chi connectivity index (χ1) is 9.71. The van der Waals surface area contributed by atoms with E-state index in [1.165, 1.54) is 0 Å². The van der Waals surface area contributed by atoms with Crippen LogP contribution in [-0.4, -0.2) is 48.5 Å². The van der Waals surface area contributed by atoms with Crippen LogP contribution in [0, 0.1) is 6.92 Å². The van der Waals surface area contributed by atoms with Crippen molar-refractivity contribution in [2.75, 3.05) is 37.8 Å². The fraction of sp³-hybridized carbons (Fsp3) is 0.733. The number of morpholine rings is 1. The quantitative estimate of drug-likeness (QED) is 0.824. The van der Waals surface area contributed by atoms with E-state index >= 15 is 0 Å². The molecule has 0 saturated carbocycles. The van der Waals surface area contributed by atoms with Crippen LogP contribution < -0.4 is 4.90 Å². The Hall–Kier alpha value is -1.20.